The maximum absolute atomic E-state index is 10.2. The van der Waals surface area contributed by atoms with E-state index in [9.17, 15) is 5.11 Å². The minimum atomic E-state index is -0.808. The smallest absolute Gasteiger partial charge is 0.122 e. The summed E-state index contributed by atoms with van der Waals surface area (Å²) < 4.78 is 5.38. The third-order valence-electron chi connectivity index (χ3n) is 3.20. The zero-order chi connectivity index (χ0) is 13.9. The topological polar surface area (TPSA) is 41.5 Å². The summed E-state index contributed by atoms with van der Waals surface area (Å²) in [5, 5.41) is 13.4. The molecular weight excluding hydrogens is 226 g/mol. The van der Waals surface area contributed by atoms with Crippen LogP contribution in [0, 0.1) is 0 Å². The fraction of sp³-hybridized carbons (Fsp3) is 0.600. The number of methoxy groups -OCH3 is 1. The van der Waals surface area contributed by atoms with Crippen LogP contribution in [-0.4, -0.2) is 24.9 Å². The molecule has 0 saturated carbocycles. The molecule has 0 amide bonds. The summed E-state index contributed by atoms with van der Waals surface area (Å²) >= 11 is 0. The second kappa shape index (κ2) is 5.72. The molecule has 3 heteroatoms. The molecule has 3 nitrogen and oxygen atoms in total. The summed E-state index contributed by atoms with van der Waals surface area (Å²) in [6.45, 7) is 7.90. The quantitative estimate of drug-likeness (QED) is 0.845. The Hall–Kier alpha value is -1.06. The highest BCUT2D eigenvalue weighted by molar-refractivity contribution is 5.41. The van der Waals surface area contributed by atoms with Crippen molar-refractivity contribution in [3.63, 3.8) is 0 Å². The van der Waals surface area contributed by atoms with Gasteiger partial charge in [-0.15, -0.1) is 0 Å². The van der Waals surface area contributed by atoms with E-state index in [1.54, 1.807) is 7.11 Å². The SMILES string of the molecule is CNC(c1ccc(OC)c(C(C)C)c1)C(C)(C)O. The van der Waals surface area contributed by atoms with Gasteiger partial charge in [0.25, 0.3) is 0 Å². The van der Waals surface area contributed by atoms with Gasteiger partial charge in [-0.1, -0.05) is 26.0 Å². The molecule has 18 heavy (non-hydrogen) atoms. The van der Waals surface area contributed by atoms with Gasteiger partial charge in [-0.3, -0.25) is 0 Å². The number of hydrogen-bond donors (Lipinski definition) is 2. The summed E-state index contributed by atoms with van der Waals surface area (Å²) in [7, 11) is 3.55. The van der Waals surface area contributed by atoms with Gasteiger partial charge >= 0.3 is 0 Å². The average molecular weight is 251 g/mol. The van der Waals surface area contributed by atoms with Crippen LogP contribution in [0.25, 0.3) is 0 Å². The van der Waals surface area contributed by atoms with Crippen molar-refractivity contribution in [2.24, 2.45) is 0 Å². The summed E-state index contributed by atoms with van der Waals surface area (Å²) in [5.74, 6) is 1.29. The van der Waals surface area contributed by atoms with Crippen LogP contribution in [0.3, 0.4) is 0 Å². The van der Waals surface area contributed by atoms with E-state index in [4.69, 9.17) is 4.74 Å². The van der Waals surface area contributed by atoms with E-state index in [-0.39, 0.29) is 6.04 Å². The minimum Gasteiger partial charge on any atom is -0.496 e. The van der Waals surface area contributed by atoms with Crippen LogP contribution in [-0.2, 0) is 0 Å². The first kappa shape index (κ1) is 15.0. The van der Waals surface area contributed by atoms with Crippen molar-refractivity contribution in [1.82, 2.24) is 5.32 Å². The zero-order valence-corrected chi connectivity index (χ0v) is 12.2. The molecule has 0 aliphatic heterocycles. The van der Waals surface area contributed by atoms with E-state index in [1.165, 1.54) is 5.56 Å². The second-order valence-corrected chi connectivity index (χ2v) is 5.53. The van der Waals surface area contributed by atoms with Gasteiger partial charge in [0, 0.05) is 0 Å². The number of rotatable bonds is 5. The van der Waals surface area contributed by atoms with Crippen molar-refractivity contribution < 1.29 is 9.84 Å². The standard InChI is InChI=1S/C15H25NO2/c1-10(2)12-9-11(7-8-13(12)18-6)14(16-5)15(3,4)17/h7-10,14,16-17H,1-6H3. The van der Waals surface area contributed by atoms with Crippen LogP contribution in [0.15, 0.2) is 18.2 Å². The first-order valence-electron chi connectivity index (χ1n) is 6.38. The summed E-state index contributed by atoms with van der Waals surface area (Å²) in [5.41, 5.74) is 1.44. The van der Waals surface area contributed by atoms with Gasteiger partial charge < -0.3 is 15.2 Å². The molecule has 1 aromatic rings. The lowest BCUT2D eigenvalue weighted by Crippen LogP contribution is -2.37. The van der Waals surface area contributed by atoms with Gasteiger partial charge in [0.1, 0.15) is 5.75 Å². The fourth-order valence-electron chi connectivity index (χ4n) is 2.31. The number of aliphatic hydroxyl groups is 1. The van der Waals surface area contributed by atoms with E-state index >= 15 is 0 Å². The average Bonchev–Trinajstić information content (AvgIpc) is 2.27. The molecule has 2 N–H and O–H groups in total. The van der Waals surface area contributed by atoms with Crippen molar-refractivity contribution in [2.45, 2.75) is 45.3 Å². The Morgan fingerprint density at radius 2 is 1.89 bits per heavy atom. The molecule has 1 rings (SSSR count). The molecule has 0 aliphatic rings. The van der Waals surface area contributed by atoms with Gasteiger partial charge in [-0.05, 0) is 44.0 Å². The number of likely N-dealkylation sites (N-methyl/N-ethyl adjacent to an activating group) is 1. The van der Waals surface area contributed by atoms with Crippen molar-refractivity contribution in [3.8, 4) is 5.75 Å². The van der Waals surface area contributed by atoms with E-state index < -0.39 is 5.60 Å². The Morgan fingerprint density at radius 1 is 1.28 bits per heavy atom. The monoisotopic (exact) mass is 251 g/mol. The van der Waals surface area contributed by atoms with E-state index in [2.05, 4.69) is 25.2 Å². The lowest BCUT2D eigenvalue weighted by Gasteiger charge is -2.30. The van der Waals surface area contributed by atoms with Crippen molar-refractivity contribution >= 4 is 0 Å². The van der Waals surface area contributed by atoms with Crippen molar-refractivity contribution in [2.75, 3.05) is 14.2 Å². The fourth-order valence-corrected chi connectivity index (χ4v) is 2.31. The van der Waals surface area contributed by atoms with Gasteiger partial charge in [-0.2, -0.15) is 0 Å². The molecule has 0 heterocycles. The molecule has 0 saturated heterocycles. The number of hydrogen-bond acceptors (Lipinski definition) is 3. The molecule has 102 valence electrons. The molecule has 0 fully saturated rings. The molecule has 1 atom stereocenters. The highest BCUT2D eigenvalue weighted by atomic mass is 16.5. The Kier molecular flexibility index (Phi) is 4.77. The van der Waals surface area contributed by atoms with Crippen LogP contribution < -0.4 is 10.1 Å². The molecule has 0 aromatic heterocycles. The predicted molar refractivity (Wildman–Crippen MR) is 75.2 cm³/mol. The van der Waals surface area contributed by atoms with Gasteiger partial charge in [0.15, 0.2) is 0 Å². The summed E-state index contributed by atoms with van der Waals surface area (Å²) in [6, 6.07) is 5.99. The Labute approximate surface area is 110 Å². The summed E-state index contributed by atoms with van der Waals surface area (Å²) in [4.78, 5) is 0. The molecule has 1 aromatic carbocycles. The largest absolute Gasteiger partial charge is 0.496 e. The van der Waals surface area contributed by atoms with Crippen molar-refractivity contribution in [3.05, 3.63) is 29.3 Å². The van der Waals surface area contributed by atoms with Crippen molar-refractivity contribution in [1.29, 1.82) is 0 Å². The van der Waals surface area contributed by atoms with Gasteiger partial charge in [0.05, 0.1) is 18.8 Å². The third-order valence-corrected chi connectivity index (χ3v) is 3.20. The number of nitrogens with one attached hydrogen (secondary N) is 1. The highest BCUT2D eigenvalue weighted by Crippen LogP contribution is 2.32. The van der Waals surface area contributed by atoms with Crippen LogP contribution in [0.4, 0.5) is 0 Å². The van der Waals surface area contributed by atoms with E-state index in [0.29, 0.717) is 5.92 Å². The van der Waals surface area contributed by atoms with Crippen LogP contribution in [0.5, 0.6) is 5.75 Å². The number of ether oxygens (including phenoxy) is 1. The van der Waals surface area contributed by atoms with Crippen LogP contribution in [0.2, 0.25) is 0 Å². The second-order valence-electron chi connectivity index (χ2n) is 5.53. The lowest BCUT2D eigenvalue weighted by atomic mass is 9.89. The first-order chi connectivity index (χ1) is 8.31. The first-order valence-corrected chi connectivity index (χ1v) is 6.38. The maximum atomic E-state index is 10.2. The zero-order valence-electron chi connectivity index (χ0n) is 12.2. The minimum absolute atomic E-state index is 0.0964. The van der Waals surface area contributed by atoms with Crippen LogP contribution in [0.1, 0.15) is 50.8 Å². The summed E-state index contributed by atoms with van der Waals surface area (Å²) in [6.07, 6.45) is 0. The molecule has 0 spiro atoms. The van der Waals surface area contributed by atoms with Gasteiger partial charge in [-0.25, -0.2) is 0 Å². The predicted octanol–water partition coefficient (Wildman–Crippen LogP) is 2.85. The van der Waals surface area contributed by atoms with E-state index in [1.807, 2.05) is 33.0 Å². The highest BCUT2D eigenvalue weighted by Gasteiger charge is 2.27. The lowest BCUT2D eigenvalue weighted by molar-refractivity contribution is 0.0400. The molecule has 0 bridgehead atoms. The third kappa shape index (κ3) is 3.24. The van der Waals surface area contributed by atoms with Gasteiger partial charge in [0.2, 0.25) is 0 Å². The Balaban J connectivity index is 3.22. The maximum Gasteiger partial charge on any atom is 0.122 e. The Bertz CT molecular complexity index is 394. The Morgan fingerprint density at radius 3 is 2.28 bits per heavy atom. The molecule has 0 aliphatic carbocycles. The normalized spacial score (nSPS) is 13.8. The number of benzene rings is 1. The van der Waals surface area contributed by atoms with Crippen LogP contribution >= 0.6 is 0 Å². The molecular formula is C15H25NO2. The van der Waals surface area contributed by atoms with E-state index in [0.717, 1.165) is 11.3 Å². The molecule has 0 radical (unpaired) electrons. The molecule has 1 unspecified atom stereocenters.